The van der Waals surface area contributed by atoms with E-state index in [1.165, 1.54) is 22.8 Å². The van der Waals surface area contributed by atoms with Gasteiger partial charge in [-0.2, -0.15) is 0 Å². The first-order valence-corrected chi connectivity index (χ1v) is 8.66. The van der Waals surface area contributed by atoms with Crippen molar-refractivity contribution in [3.8, 4) is 5.69 Å². The van der Waals surface area contributed by atoms with Gasteiger partial charge in [-0.3, -0.25) is 14.2 Å². The number of halogens is 1. The molecule has 0 aliphatic rings. The molecule has 3 rings (SSSR count). The Labute approximate surface area is 154 Å². The number of amides is 1. The molecular formula is C20H20FN3O3. The largest absolute Gasteiger partial charge is 0.354 e. The van der Waals surface area contributed by atoms with Crippen molar-refractivity contribution in [3.63, 3.8) is 0 Å². The fourth-order valence-electron chi connectivity index (χ4n) is 2.84. The van der Waals surface area contributed by atoms with Crippen LogP contribution < -0.4 is 16.6 Å². The highest BCUT2D eigenvalue weighted by Gasteiger charge is 2.18. The normalized spacial score (nSPS) is 11.1. The van der Waals surface area contributed by atoms with Crippen LogP contribution >= 0.6 is 0 Å². The van der Waals surface area contributed by atoms with E-state index in [2.05, 4.69) is 5.32 Å². The number of nitrogens with zero attached hydrogens (tertiary/aromatic N) is 2. The van der Waals surface area contributed by atoms with Crippen molar-refractivity contribution in [1.82, 2.24) is 14.5 Å². The predicted octanol–water partition coefficient (Wildman–Crippen LogP) is 2.06. The number of carbonyl (C=O) groups excluding carboxylic acids is 1. The molecule has 3 aromatic rings. The number of rotatable bonds is 5. The summed E-state index contributed by atoms with van der Waals surface area (Å²) in [5, 5.41) is 2.98. The molecule has 6 nitrogen and oxygen atoms in total. The number of benzene rings is 2. The van der Waals surface area contributed by atoms with Crippen molar-refractivity contribution < 1.29 is 9.18 Å². The molecule has 2 aromatic carbocycles. The molecule has 7 heteroatoms. The van der Waals surface area contributed by atoms with Crippen LogP contribution in [0, 0.1) is 11.7 Å². The molecule has 1 amide bonds. The fourth-order valence-corrected chi connectivity index (χ4v) is 2.84. The number of aromatic nitrogens is 2. The maximum Gasteiger partial charge on any atom is 0.336 e. The van der Waals surface area contributed by atoms with Gasteiger partial charge in [0.1, 0.15) is 12.4 Å². The standard InChI is InChI=1S/C20H20FN3O3/c1-13(2)11-22-18(25)12-23-16-9-5-3-7-14(16)19(26)24(20(23)27)17-10-6-4-8-15(17)21/h3-10,13H,11-12H2,1-2H3,(H,22,25). The summed E-state index contributed by atoms with van der Waals surface area (Å²) in [7, 11) is 0. The van der Waals surface area contributed by atoms with E-state index in [0.29, 0.717) is 12.1 Å². The van der Waals surface area contributed by atoms with E-state index in [-0.39, 0.29) is 29.4 Å². The zero-order chi connectivity index (χ0) is 19.6. The van der Waals surface area contributed by atoms with Crippen molar-refractivity contribution in [2.24, 2.45) is 5.92 Å². The zero-order valence-electron chi connectivity index (χ0n) is 15.1. The second-order valence-corrected chi connectivity index (χ2v) is 6.68. The first kappa shape index (κ1) is 18.6. The summed E-state index contributed by atoms with van der Waals surface area (Å²) in [6.45, 7) is 4.12. The highest BCUT2D eigenvalue weighted by atomic mass is 19.1. The molecule has 1 heterocycles. The molecule has 0 atom stereocenters. The lowest BCUT2D eigenvalue weighted by molar-refractivity contribution is -0.121. The van der Waals surface area contributed by atoms with E-state index in [1.54, 1.807) is 30.3 Å². The number of nitrogens with one attached hydrogen (secondary N) is 1. The van der Waals surface area contributed by atoms with Crippen LogP contribution in [0.15, 0.2) is 58.1 Å². The summed E-state index contributed by atoms with van der Waals surface area (Å²) < 4.78 is 16.2. The maximum atomic E-state index is 14.3. The highest BCUT2D eigenvalue weighted by molar-refractivity contribution is 5.81. The molecule has 0 unspecified atom stereocenters. The first-order valence-electron chi connectivity index (χ1n) is 8.66. The number of para-hydroxylation sites is 2. The molecule has 0 saturated heterocycles. The van der Waals surface area contributed by atoms with Crippen LogP contribution in [-0.4, -0.2) is 21.6 Å². The zero-order valence-corrected chi connectivity index (χ0v) is 15.1. The van der Waals surface area contributed by atoms with Crippen molar-refractivity contribution >= 4 is 16.8 Å². The molecule has 1 N–H and O–H groups in total. The van der Waals surface area contributed by atoms with Gasteiger partial charge in [-0.15, -0.1) is 0 Å². The number of hydrogen-bond acceptors (Lipinski definition) is 3. The Balaban J connectivity index is 2.21. The Morgan fingerprint density at radius 3 is 2.44 bits per heavy atom. The van der Waals surface area contributed by atoms with Gasteiger partial charge >= 0.3 is 5.69 Å². The molecule has 0 aliphatic carbocycles. The Bertz CT molecular complexity index is 1120. The average Bonchev–Trinajstić information content (AvgIpc) is 2.65. The quantitative estimate of drug-likeness (QED) is 0.748. The number of hydrogen-bond donors (Lipinski definition) is 1. The van der Waals surface area contributed by atoms with Crippen LogP contribution in [0.3, 0.4) is 0 Å². The Morgan fingerprint density at radius 1 is 1.07 bits per heavy atom. The highest BCUT2D eigenvalue weighted by Crippen LogP contribution is 2.12. The third-order valence-electron chi connectivity index (χ3n) is 4.15. The van der Waals surface area contributed by atoms with Gasteiger partial charge in [0.15, 0.2) is 0 Å². The van der Waals surface area contributed by atoms with E-state index in [9.17, 15) is 18.8 Å². The fraction of sp³-hybridized carbons (Fsp3) is 0.250. The molecule has 0 fully saturated rings. The third kappa shape index (κ3) is 3.67. The Morgan fingerprint density at radius 2 is 1.74 bits per heavy atom. The maximum absolute atomic E-state index is 14.3. The van der Waals surface area contributed by atoms with Gasteiger partial charge < -0.3 is 5.32 Å². The molecule has 0 radical (unpaired) electrons. The van der Waals surface area contributed by atoms with E-state index in [1.807, 2.05) is 13.8 Å². The Kier molecular flexibility index (Phi) is 5.21. The molecule has 0 bridgehead atoms. The monoisotopic (exact) mass is 369 g/mol. The molecule has 0 aliphatic heterocycles. The van der Waals surface area contributed by atoms with Crippen molar-refractivity contribution in [3.05, 3.63) is 75.2 Å². The van der Waals surface area contributed by atoms with E-state index in [4.69, 9.17) is 0 Å². The molecule has 140 valence electrons. The summed E-state index contributed by atoms with van der Waals surface area (Å²) in [6, 6.07) is 12.0. The van der Waals surface area contributed by atoms with E-state index < -0.39 is 17.1 Å². The predicted molar refractivity (Wildman–Crippen MR) is 102 cm³/mol. The summed E-state index contributed by atoms with van der Waals surface area (Å²) in [6.07, 6.45) is 0. The van der Waals surface area contributed by atoms with Gasteiger partial charge in [-0.25, -0.2) is 13.8 Å². The van der Waals surface area contributed by atoms with Crippen LogP contribution in [0.1, 0.15) is 13.8 Å². The average molecular weight is 369 g/mol. The lowest BCUT2D eigenvalue weighted by atomic mass is 10.2. The van der Waals surface area contributed by atoms with Gasteiger partial charge in [0, 0.05) is 6.54 Å². The summed E-state index contributed by atoms with van der Waals surface area (Å²) >= 11 is 0. The van der Waals surface area contributed by atoms with Gasteiger partial charge in [0.05, 0.1) is 16.6 Å². The van der Waals surface area contributed by atoms with Gasteiger partial charge in [0.25, 0.3) is 5.56 Å². The summed E-state index contributed by atoms with van der Waals surface area (Å²) in [5.41, 5.74) is -1.20. The smallest absolute Gasteiger partial charge is 0.336 e. The van der Waals surface area contributed by atoms with E-state index in [0.717, 1.165) is 4.57 Å². The van der Waals surface area contributed by atoms with Gasteiger partial charge in [-0.05, 0) is 30.2 Å². The third-order valence-corrected chi connectivity index (χ3v) is 4.15. The molecule has 0 saturated carbocycles. The Hall–Kier alpha value is -3.22. The lowest BCUT2D eigenvalue weighted by Crippen LogP contribution is -2.42. The van der Waals surface area contributed by atoms with Gasteiger partial charge in [-0.1, -0.05) is 38.1 Å². The van der Waals surface area contributed by atoms with E-state index >= 15 is 0 Å². The topological polar surface area (TPSA) is 73.1 Å². The molecule has 1 aromatic heterocycles. The van der Waals surface area contributed by atoms with Crippen LogP contribution in [0.5, 0.6) is 0 Å². The van der Waals surface area contributed by atoms with Crippen LogP contribution in [0.25, 0.3) is 16.6 Å². The molecular weight excluding hydrogens is 349 g/mol. The van der Waals surface area contributed by atoms with Crippen molar-refractivity contribution in [2.45, 2.75) is 20.4 Å². The minimum absolute atomic E-state index is 0.144. The van der Waals surface area contributed by atoms with Crippen LogP contribution in [0.2, 0.25) is 0 Å². The van der Waals surface area contributed by atoms with Crippen molar-refractivity contribution in [2.75, 3.05) is 6.54 Å². The lowest BCUT2D eigenvalue weighted by Gasteiger charge is -2.15. The summed E-state index contributed by atoms with van der Waals surface area (Å²) in [4.78, 5) is 38.1. The second-order valence-electron chi connectivity index (χ2n) is 6.68. The first-order chi connectivity index (χ1) is 12.9. The molecule has 0 spiro atoms. The number of carbonyl (C=O) groups is 1. The van der Waals surface area contributed by atoms with Crippen molar-refractivity contribution in [1.29, 1.82) is 0 Å². The van der Waals surface area contributed by atoms with Crippen LogP contribution in [-0.2, 0) is 11.3 Å². The summed E-state index contributed by atoms with van der Waals surface area (Å²) in [5.74, 6) is -0.785. The van der Waals surface area contributed by atoms with Gasteiger partial charge in [0.2, 0.25) is 5.91 Å². The van der Waals surface area contributed by atoms with Crippen LogP contribution in [0.4, 0.5) is 4.39 Å². The minimum Gasteiger partial charge on any atom is -0.354 e. The molecule has 27 heavy (non-hydrogen) atoms. The number of fused-ring (bicyclic) bond motifs is 1. The second kappa shape index (κ2) is 7.57. The minimum atomic E-state index is -0.761. The SMILES string of the molecule is CC(C)CNC(=O)Cn1c(=O)n(-c2ccccc2F)c(=O)c2ccccc21.